The largest absolute Gasteiger partial charge is 0.310 e. The third-order valence-corrected chi connectivity index (χ3v) is 3.93. The second kappa shape index (κ2) is 6.66. The Kier molecular flexibility index (Phi) is 4.90. The van der Waals surface area contributed by atoms with Gasteiger partial charge in [0.1, 0.15) is 0 Å². The first-order valence-corrected chi connectivity index (χ1v) is 7.36. The molecule has 0 fully saturated rings. The van der Waals surface area contributed by atoms with Gasteiger partial charge in [0.25, 0.3) is 0 Å². The molecule has 1 aromatic heterocycles. The number of nitrogens with one attached hydrogen (secondary N) is 1. The van der Waals surface area contributed by atoms with E-state index in [2.05, 4.69) is 54.5 Å². The number of aromatic nitrogens is 1. The lowest BCUT2D eigenvalue weighted by Crippen LogP contribution is -2.27. The quantitative estimate of drug-likeness (QED) is 0.857. The summed E-state index contributed by atoms with van der Waals surface area (Å²) in [5, 5.41) is 6.86. The van der Waals surface area contributed by atoms with Crippen molar-refractivity contribution in [2.24, 2.45) is 5.92 Å². The van der Waals surface area contributed by atoms with E-state index in [9.17, 15) is 0 Å². The molecule has 3 heteroatoms. The first-order valence-electron chi connectivity index (χ1n) is 6.48. The van der Waals surface area contributed by atoms with Crippen LogP contribution in [0, 0.1) is 5.92 Å². The molecular weight excluding hydrogens is 240 g/mol. The van der Waals surface area contributed by atoms with Gasteiger partial charge in [-0.1, -0.05) is 44.2 Å². The molecule has 0 saturated carbocycles. The van der Waals surface area contributed by atoms with Crippen LogP contribution in [0.4, 0.5) is 0 Å². The Hall–Kier alpha value is -1.19. The molecule has 0 aliphatic heterocycles. The maximum absolute atomic E-state index is 4.38. The lowest BCUT2D eigenvalue weighted by Gasteiger charge is -2.24. The van der Waals surface area contributed by atoms with Crippen LogP contribution in [0.2, 0.25) is 0 Å². The fraction of sp³-hybridized carbons (Fsp3) is 0.400. The number of thiazole rings is 1. The highest BCUT2D eigenvalue weighted by atomic mass is 32.1. The number of hydrogen-bond donors (Lipinski definition) is 1. The van der Waals surface area contributed by atoms with Gasteiger partial charge in [-0.15, -0.1) is 11.3 Å². The van der Waals surface area contributed by atoms with Gasteiger partial charge < -0.3 is 5.32 Å². The van der Waals surface area contributed by atoms with Gasteiger partial charge in [0.2, 0.25) is 0 Å². The lowest BCUT2D eigenvalue weighted by molar-refractivity contribution is 0.391. The molecule has 2 unspecified atom stereocenters. The second-order valence-electron chi connectivity index (χ2n) is 4.55. The average Bonchev–Trinajstić information content (AvgIpc) is 2.89. The van der Waals surface area contributed by atoms with Crippen molar-refractivity contribution in [3.63, 3.8) is 0 Å². The topological polar surface area (TPSA) is 24.9 Å². The highest BCUT2D eigenvalue weighted by Gasteiger charge is 2.19. The van der Waals surface area contributed by atoms with E-state index in [1.807, 2.05) is 11.6 Å². The van der Waals surface area contributed by atoms with Gasteiger partial charge in [0.15, 0.2) is 0 Å². The molecule has 2 atom stereocenters. The van der Waals surface area contributed by atoms with Crippen molar-refractivity contribution >= 4 is 11.3 Å². The minimum atomic E-state index is 0.403. The molecule has 0 saturated heterocycles. The Morgan fingerprint density at radius 2 is 2.06 bits per heavy atom. The predicted octanol–water partition coefficient (Wildman–Crippen LogP) is 3.67. The van der Waals surface area contributed by atoms with Crippen molar-refractivity contribution in [3.05, 3.63) is 52.5 Å². The molecule has 2 rings (SSSR count). The third kappa shape index (κ3) is 3.40. The molecular formula is C15H20N2S. The van der Waals surface area contributed by atoms with Gasteiger partial charge in [-0.3, -0.25) is 0 Å². The summed E-state index contributed by atoms with van der Waals surface area (Å²) in [5.41, 5.74) is 1.36. The summed E-state index contributed by atoms with van der Waals surface area (Å²) in [7, 11) is 0. The van der Waals surface area contributed by atoms with Crippen molar-refractivity contribution < 1.29 is 0 Å². The number of benzene rings is 1. The zero-order valence-corrected chi connectivity index (χ0v) is 11.8. The standard InChI is InChI=1S/C15H20N2S/c1-3-16-15(13-7-5-4-6-8-13)12(2)11-14-17-9-10-18-14/h4-10,12,15-16H,3,11H2,1-2H3. The Labute approximate surface area is 113 Å². The molecule has 0 aliphatic rings. The van der Waals surface area contributed by atoms with Gasteiger partial charge in [0.05, 0.1) is 5.01 Å². The van der Waals surface area contributed by atoms with Crippen molar-refractivity contribution in [3.8, 4) is 0 Å². The Morgan fingerprint density at radius 3 is 2.67 bits per heavy atom. The molecule has 18 heavy (non-hydrogen) atoms. The van der Waals surface area contributed by atoms with Crippen molar-refractivity contribution in [2.45, 2.75) is 26.3 Å². The smallest absolute Gasteiger partial charge is 0.0928 e. The van der Waals surface area contributed by atoms with Crippen LogP contribution in [0.15, 0.2) is 41.9 Å². The molecule has 0 radical (unpaired) electrons. The van der Waals surface area contributed by atoms with Gasteiger partial charge >= 0.3 is 0 Å². The van der Waals surface area contributed by atoms with Gasteiger partial charge in [-0.25, -0.2) is 4.98 Å². The van der Waals surface area contributed by atoms with Crippen LogP contribution in [0.1, 0.15) is 30.5 Å². The van der Waals surface area contributed by atoms with Gasteiger partial charge in [-0.05, 0) is 18.0 Å². The van der Waals surface area contributed by atoms with E-state index in [0.29, 0.717) is 12.0 Å². The molecule has 2 aromatic rings. The zero-order valence-electron chi connectivity index (χ0n) is 11.0. The molecule has 2 nitrogen and oxygen atoms in total. The minimum absolute atomic E-state index is 0.403. The summed E-state index contributed by atoms with van der Waals surface area (Å²) in [6, 6.07) is 11.1. The van der Waals surface area contributed by atoms with E-state index in [0.717, 1.165) is 13.0 Å². The Morgan fingerprint density at radius 1 is 1.28 bits per heavy atom. The van der Waals surface area contributed by atoms with Crippen molar-refractivity contribution in [1.82, 2.24) is 10.3 Å². The maximum Gasteiger partial charge on any atom is 0.0928 e. The molecule has 0 spiro atoms. The fourth-order valence-corrected chi connectivity index (χ4v) is 3.03. The summed E-state index contributed by atoms with van der Waals surface area (Å²) in [4.78, 5) is 4.38. The first kappa shape index (κ1) is 13.2. The molecule has 96 valence electrons. The average molecular weight is 260 g/mol. The van der Waals surface area contributed by atoms with E-state index in [1.165, 1.54) is 10.6 Å². The van der Waals surface area contributed by atoms with Crippen LogP contribution >= 0.6 is 11.3 Å². The normalized spacial score (nSPS) is 14.3. The van der Waals surface area contributed by atoms with Crippen LogP contribution in [-0.4, -0.2) is 11.5 Å². The van der Waals surface area contributed by atoms with Crippen LogP contribution < -0.4 is 5.32 Å². The Bertz CT molecular complexity index is 439. The molecule has 0 amide bonds. The Balaban J connectivity index is 2.09. The predicted molar refractivity (Wildman–Crippen MR) is 77.8 cm³/mol. The number of rotatable bonds is 6. The van der Waals surface area contributed by atoms with E-state index >= 15 is 0 Å². The lowest BCUT2D eigenvalue weighted by atomic mass is 9.92. The van der Waals surface area contributed by atoms with Crippen LogP contribution in [0.3, 0.4) is 0 Å². The van der Waals surface area contributed by atoms with E-state index in [-0.39, 0.29) is 0 Å². The number of nitrogens with zero attached hydrogens (tertiary/aromatic N) is 1. The van der Waals surface area contributed by atoms with Crippen LogP contribution in [0.5, 0.6) is 0 Å². The summed E-state index contributed by atoms with van der Waals surface area (Å²) in [6.45, 7) is 5.44. The second-order valence-corrected chi connectivity index (χ2v) is 5.53. The van der Waals surface area contributed by atoms with Crippen LogP contribution in [0.25, 0.3) is 0 Å². The highest BCUT2D eigenvalue weighted by molar-refractivity contribution is 7.09. The first-order chi connectivity index (χ1) is 8.81. The van der Waals surface area contributed by atoms with E-state index < -0.39 is 0 Å². The molecule has 1 N–H and O–H groups in total. The van der Waals surface area contributed by atoms with Gasteiger partial charge in [0, 0.05) is 24.0 Å². The monoisotopic (exact) mass is 260 g/mol. The minimum Gasteiger partial charge on any atom is -0.310 e. The SMILES string of the molecule is CCNC(c1ccccc1)C(C)Cc1nccs1. The van der Waals surface area contributed by atoms with E-state index in [4.69, 9.17) is 0 Å². The zero-order chi connectivity index (χ0) is 12.8. The molecule has 0 aliphatic carbocycles. The maximum atomic E-state index is 4.38. The van der Waals surface area contributed by atoms with Gasteiger partial charge in [-0.2, -0.15) is 0 Å². The van der Waals surface area contributed by atoms with Crippen molar-refractivity contribution in [2.75, 3.05) is 6.54 Å². The summed E-state index contributed by atoms with van der Waals surface area (Å²) >= 11 is 1.74. The van der Waals surface area contributed by atoms with E-state index in [1.54, 1.807) is 11.3 Å². The summed E-state index contributed by atoms with van der Waals surface area (Å²) < 4.78 is 0. The highest BCUT2D eigenvalue weighted by Crippen LogP contribution is 2.25. The fourth-order valence-electron chi connectivity index (χ4n) is 2.27. The summed E-state index contributed by atoms with van der Waals surface area (Å²) in [5.74, 6) is 0.540. The molecule has 1 heterocycles. The third-order valence-electron chi connectivity index (χ3n) is 3.13. The molecule has 1 aromatic carbocycles. The number of hydrogen-bond acceptors (Lipinski definition) is 3. The van der Waals surface area contributed by atoms with Crippen LogP contribution in [-0.2, 0) is 6.42 Å². The summed E-state index contributed by atoms with van der Waals surface area (Å²) in [6.07, 6.45) is 2.92. The molecule has 0 bridgehead atoms. The van der Waals surface area contributed by atoms with Crippen molar-refractivity contribution in [1.29, 1.82) is 0 Å².